The largest absolute Gasteiger partial charge is 0.494 e. The highest BCUT2D eigenvalue weighted by Gasteiger charge is 2.58. The maximum Gasteiger partial charge on any atom is 0.127 e. The van der Waals surface area contributed by atoms with Crippen molar-refractivity contribution in [2.24, 2.45) is 17.3 Å². The molecule has 0 heterocycles. The number of halogens is 3. The van der Waals surface area contributed by atoms with E-state index in [9.17, 15) is 4.39 Å². The average Bonchev–Trinajstić information content (AvgIpc) is 3.14. The summed E-state index contributed by atoms with van der Waals surface area (Å²) in [5.41, 5.74) is 1.13. The van der Waals surface area contributed by atoms with Crippen LogP contribution in [-0.2, 0) is 11.3 Å². The Hall–Kier alpha value is -1.59. The molecule has 0 N–H and O–H groups in total. The topological polar surface area (TPSA) is 18.5 Å². The summed E-state index contributed by atoms with van der Waals surface area (Å²) in [4.78, 5) is 0. The van der Waals surface area contributed by atoms with Gasteiger partial charge in [0.1, 0.15) is 23.9 Å². The Bertz CT molecular complexity index is 855. The van der Waals surface area contributed by atoms with Gasteiger partial charge in [0, 0.05) is 5.92 Å². The molecule has 3 rings (SSSR count). The predicted octanol–water partition coefficient (Wildman–Crippen LogP) is 7.55. The molecule has 1 saturated carbocycles. The van der Waals surface area contributed by atoms with Crippen molar-refractivity contribution < 1.29 is 13.9 Å². The smallest absolute Gasteiger partial charge is 0.127 e. The van der Waals surface area contributed by atoms with Crippen LogP contribution in [0.5, 0.6) is 11.5 Å². The summed E-state index contributed by atoms with van der Waals surface area (Å²) in [6.45, 7) is 8.99. The zero-order valence-corrected chi connectivity index (χ0v) is 18.4. The molecule has 2 atom stereocenters. The second-order valence-corrected chi connectivity index (χ2v) is 10.0. The zero-order valence-electron chi connectivity index (χ0n) is 15.2. The van der Waals surface area contributed by atoms with E-state index in [0.29, 0.717) is 29.9 Å². The van der Waals surface area contributed by atoms with Gasteiger partial charge >= 0.3 is 0 Å². The van der Waals surface area contributed by atoms with E-state index < -0.39 is 0 Å². The fourth-order valence-corrected chi connectivity index (χ4v) is 3.91. The van der Waals surface area contributed by atoms with Crippen LogP contribution in [0.4, 0.5) is 4.39 Å². The van der Waals surface area contributed by atoms with Gasteiger partial charge in [0.2, 0.25) is 0 Å². The van der Waals surface area contributed by atoms with Crippen molar-refractivity contribution >= 4 is 31.9 Å². The van der Waals surface area contributed by atoms with Crippen LogP contribution < -0.4 is 4.74 Å². The molecule has 0 amide bonds. The number of hydrogen-bond acceptors (Lipinski definition) is 2. The van der Waals surface area contributed by atoms with E-state index in [2.05, 4.69) is 58.4 Å². The lowest BCUT2D eigenvalue weighted by atomic mass is 10.1. The molecule has 0 spiro atoms. The fraction of sp³-hybridized carbons (Fsp3) is 0.273. The van der Waals surface area contributed by atoms with Crippen molar-refractivity contribution in [2.45, 2.75) is 20.5 Å². The van der Waals surface area contributed by atoms with Gasteiger partial charge in [-0.05, 0) is 85.2 Å². The summed E-state index contributed by atoms with van der Waals surface area (Å²) < 4.78 is 25.7. The lowest BCUT2D eigenvalue weighted by molar-refractivity contribution is 0.177. The predicted molar refractivity (Wildman–Crippen MR) is 114 cm³/mol. The SMILES string of the molecule is C=C(OCc1cccc(Oc2ccc(F)cc2)c1)[C@@H]1[C@H](C=C(Br)Br)C1(C)C. The number of rotatable bonds is 7. The van der Waals surface area contributed by atoms with Crippen molar-refractivity contribution in [1.82, 2.24) is 0 Å². The molecule has 1 aliphatic carbocycles. The first-order valence-electron chi connectivity index (χ1n) is 8.64. The van der Waals surface area contributed by atoms with Gasteiger partial charge in [-0.1, -0.05) is 38.6 Å². The molecular weight excluding hydrogens is 475 g/mol. The molecule has 0 saturated heterocycles. The van der Waals surface area contributed by atoms with Gasteiger partial charge in [-0.2, -0.15) is 0 Å². The summed E-state index contributed by atoms with van der Waals surface area (Å²) in [5, 5.41) is 0. The number of hydrogen-bond donors (Lipinski definition) is 0. The summed E-state index contributed by atoms with van der Waals surface area (Å²) in [5.74, 6) is 2.48. The standard InChI is InChI=1S/C22H21Br2FO2/c1-14(21-19(12-20(23)24)22(21,2)3)26-13-15-5-4-6-18(11-15)27-17-9-7-16(25)8-10-17/h4-12,19,21H,1,13H2,2-3H3/t19-,21+/m0/s1. The molecular formula is C22H21Br2FO2. The van der Waals surface area contributed by atoms with Crippen LogP contribution in [0.3, 0.4) is 0 Å². The lowest BCUT2D eigenvalue weighted by Gasteiger charge is -2.12. The first-order chi connectivity index (χ1) is 12.8. The Morgan fingerprint density at radius 1 is 1.15 bits per heavy atom. The van der Waals surface area contributed by atoms with E-state index in [4.69, 9.17) is 9.47 Å². The van der Waals surface area contributed by atoms with Gasteiger partial charge in [-0.25, -0.2) is 4.39 Å². The molecule has 0 bridgehead atoms. The van der Waals surface area contributed by atoms with Gasteiger partial charge in [-0.3, -0.25) is 0 Å². The van der Waals surface area contributed by atoms with E-state index in [-0.39, 0.29) is 11.2 Å². The second kappa shape index (κ2) is 8.19. The Balaban J connectivity index is 1.59. The normalized spacial score (nSPS) is 19.9. The van der Waals surface area contributed by atoms with Gasteiger partial charge in [0.15, 0.2) is 0 Å². The molecule has 2 aromatic rings. The third-order valence-corrected chi connectivity index (χ3v) is 5.46. The third-order valence-electron chi connectivity index (χ3n) is 4.94. The highest BCUT2D eigenvalue weighted by atomic mass is 79.9. The maximum absolute atomic E-state index is 13.0. The number of benzene rings is 2. The average molecular weight is 496 g/mol. The third kappa shape index (κ3) is 5.02. The maximum atomic E-state index is 13.0. The Labute approximate surface area is 176 Å². The van der Waals surface area contributed by atoms with Crippen LogP contribution >= 0.6 is 31.9 Å². The summed E-state index contributed by atoms with van der Waals surface area (Å²) >= 11 is 6.86. The Morgan fingerprint density at radius 2 is 1.85 bits per heavy atom. The van der Waals surface area contributed by atoms with Crippen LogP contribution in [0.1, 0.15) is 19.4 Å². The first-order valence-corrected chi connectivity index (χ1v) is 10.2. The van der Waals surface area contributed by atoms with E-state index in [1.54, 1.807) is 12.1 Å². The van der Waals surface area contributed by atoms with E-state index in [1.165, 1.54) is 12.1 Å². The van der Waals surface area contributed by atoms with Crippen molar-refractivity contribution in [3.05, 3.63) is 81.7 Å². The summed E-state index contributed by atoms with van der Waals surface area (Å²) in [6.07, 6.45) is 2.15. The monoisotopic (exact) mass is 494 g/mol. The van der Waals surface area contributed by atoms with E-state index in [1.807, 2.05) is 24.3 Å². The fourth-order valence-electron chi connectivity index (χ4n) is 3.34. The van der Waals surface area contributed by atoms with Gasteiger partial charge in [0.25, 0.3) is 0 Å². The van der Waals surface area contributed by atoms with Crippen LogP contribution in [0, 0.1) is 23.1 Å². The minimum Gasteiger partial charge on any atom is -0.494 e. The highest BCUT2D eigenvalue weighted by molar-refractivity contribution is 9.28. The number of ether oxygens (including phenoxy) is 2. The highest BCUT2D eigenvalue weighted by Crippen LogP contribution is 2.63. The van der Waals surface area contributed by atoms with Crippen LogP contribution in [0.25, 0.3) is 0 Å². The van der Waals surface area contributed by atoms with Crippen molar-refractivity contribution in [1.29, 1.82) is 0 Å². The minimum atomic E-state index is -0.286. The molecule has 0 aromatic heterocycles. The molecule has 1 fully saturated rings. The van der Waals surface area contributed by atoms with E-state index in [0.717, 1.165) is 14.7 Å². The molecule has 27 heavy (non-hydrogen) atoms. The van der Waals surface area contributed by atoms with Crippen molar-refractivity contribution in [3.63, 3.8) is 0 Å². The molecule has 142 valence electrons. The van der Waals surface area contributed by atoms with Crippen molar-refractivity contribution in [3.8, 4) is 11.5 Å². The summed E-state index contributed by atoms with van der Waals surface area (Å²) in [7, 11) is 0. The van der Waals surface area contributed by atoms with Crippen LogP contribution in [0.2, 0.25) is 0 Å². The molecule has 2 nitrogen and oxygen atoms in total. The first kappa shape index (κ1) is 20.2. The van der Waals surface area contributed by atoms with Gasteiger partial charge in [-0.15, -0.1) is 0 Å². The molecule has 2 aromatic carbocycles. The zero-order chi connectivity index (χ0) is 19.6. The van der Waals surface area contributed by atoms with Gasteiger partial charge in [0.05, 0.1) is 9.15 Å². The van der Waals surface area contributed by atoms with Crippen LogP contribution in [-0.4, -0.2) is 0 Å². The van der Waals surface area contributed by atoms with Crippen molar-refractivity contribution in [2.75, 3.05) is 0 Å². The van der Waals surface area contributed by atoms with E-state index >= 15 is 0 Å². The lowest BCUT2D eigenvalue weighted by Crippen LogP contribution is -1.99. The molecule has 0 unspecified atom stereocenters. The molecule has 0 aliphatic heterocycles. The summed E-state index contributed by atoms with van der Waals surface area (Å²) in [6, 6.07) is 13.6. The Kier molecular flexibility index (Phi) is 6.11. The molecule has 5 heteroatoms. The number of allylic oxidation sites excluding steroid dienone is 2. The second-order valence-electron chi connectivity index (χ2n) is 7.24. The quantitative estimate of drug-likeness (QED) is 0.369. The minimum absolute atomic E-state index is 0.136. The van der Waals surface area contributed by atoms with Crippen LogP contribution in [0.15, 0.2) is 70.3 Å². The molecule has 0 radical (unpaired) electrons. The Morgan fingerprint density at radius 3 is 2.52 bits per heavy atom. The van der Waals surface area contributed by atoms with Gasteiger partial charge < -0.3 is 9.47 Å². The molecule has 1 aliphatic rings.